The number of nitrogens with one attached hydrogen (secondary N) is 1. The molecule has 5 heteroatoms. The van der Waals surface area contributed by atoms with Crippen molar-refractivity contribution in [2.75, 3.05) is 6.61 Å². The lowest BCUT2D eigenvalue weighted by Gasteiger charge is -2.27. The van der Waals surface area contributed by atoms with E-state index in [9.17, 15) is 14.4 Å². The van der Waals surface area contributed by atoms with Crippen molar-refractivity contribution < 1.29 is 19.1 Å². The maximum atomic E-state index is 12.9. The molecule has 0 radical (unpaired) electrons. The van der Waals surface area contributed by atoms with Crippen LogP contribution in [0.1, 0.15) is 43.7 Å². The van der Waals surface area contributed by atoms with Crippen molar-refractivity contribution in [2.24, 2.45) is 0 Å². The molecule has 1 amide bonds. The summed E-state index contributed by atoms with van der Waals surface area (Å²) in [5, 5.41) is 2.70. The van der Waals surface area contributed by atoms with Gasteiger partial charge < -0.3 is 10.1 Å². The highest BCUT2D eigenvalue weighted by Crippen LogP contribution is 2.42. The Morgan fingerprint density at radius 2 is 1.55 bits per heavy atom. The molecule has 1 fully saturated rings. The molecule has 152 valence electrons. The predicted molar refractivity (Wildman–Crippen MR) is 110 cm³/mol. The summed E-state index contributed by atoms with van der Waals surface area (Å²) in [6.07, 6.45) is 3.77. The average molecular weight is 393 g/mol. The molecule has 0 bridgehead atoms. The number of esters is 1. The van der Waals surface area contributed by atoms with E-state index in [1.165, 1.54) is 6.92 Å². The summed E-state index contributed by atoms with van der Waals surface area (Å²) in [7, 11) is 0. The van der Waals surface area contributed by atoms with Crippen molar-refractivity contribution in [3.05, 3.63) is 71.8 Å². The zero-order chi connectivity index (χ0) is 20.7. The molecule has 1 atom stereocenters. The third kappa shape index (κ3) is 5.11. The van der Waals surface area contributed by atoms with Crippen molar-refractivity contribution in [3.63, 3.8) is 0 Å². The van der Waals surface area contributed by atoms with E-state index in [0.717, 1.165) is 36.8 Å². The van der Waals surface area contributed by atoms with Crippen LogP contribution in [0.4, 0.5) is 0 Å². The van der Waals surface area contributed by atoms with Gasteiger partial charge in [0.2, 0.25) is 0 Å². The first kappa shape index (κ1) is 20.8. The SMILES string of the molecule is CC(=O)[C@@H](Cc1ccccc1)NC(=O)COC(=O)C1(c2ccccc2)CCCC1. The van der Waals surface area contributed by atoms with E-state index in [1.54, 1.807) is 0 Å². The Hall–Kier alpha value is -2.95. The van der Waals surface area contributed by atoms with E-state index >= 15 is 0 Å². The first-order valence-corrected chi connectivity index (χ1v) is 10.1. The van der Waals surface area contributed by atoms with E-state index in [2.05, 4.69) is 5.32 Å². The highest BCUT2D eigenvalue weighted by Gasteiger charge is 2.44. The Labute approximate surface area is 171 Å². The lowest BCUT2D eigenvalue weighted by Crippen LogP contribution is -2.44. The second-order valence-corrected chi connectivity index (χ2v) is 7.65. The van der Waals surface area contributed by atoms with Crippen LogP contribution >= 0.6 is 0 Å². The summed E-state index contributed by atoms with van der Waals surface area (Å²) in [5.74, 6) is -0.959. The maximum Gasteiger partial charge on any atom is 0.317 e. The molecule has 29 heavy (non-hydrogen) atoms. The number of ketones is 1. The van der Waals surface area contributed by atoms with Crippen LogP contribution in [0.5, 0.6) is 0 Å². The molecule has 0 aliphatic heterocycles. The van der Waals surface area contributed by atoms with Crippen LogP contribution in [0, 0.1) is 0 Å². The van der Waals surface area contributed by atoms with Crippen LogP contribution in [0.25, 0.3) is 0 Å². The Balaban J connectivity index is 1.60. The molecule has 2 aromatic rings. The van der Waals surface area contributed by atoms with Crippen molar-refractivity contribution in [1.29, 1.82) is 0 Å². The van der Waals surface area contributed by atoms with Gasteiger partial charge in [0.1, 0.15) is 0 Å². The molecule has 1 aliphatic carbocycles. The summed E-state index contributed by atoms with van der Waals surface area (Å²) in [5.41, 5.74) is 1.22. The van der Waals surface area contributed by atoms with Crippen LogP contribution in [-0.2, 0) is 31.0 Å². The van der Waals surface area contributed by atoms with Crippen molar-refractivity contribution >= 4 is 17.7 Å². The number of benzene rings is 2. The number of hydrogen-bond acceptors (Lipinski definition) is 4. The van der Waals surface area contributed by atoms with Gasteiger partial charge in [-0.15, -0.1) is 0 Å². The van der Waals surface area contributed by atoms with Gasteiger partial charge in [-0.2, -0.15) is 0 Å². The largest absolute Gasteiger partial charge is 0.455 e. The maximum absolute atomic E-state index is 12.9. The van der Waals surface area contributed by atoms with Crippen LogP contribution in [0.15, 0.2) is 60.7 Å². The summed E-state index contributed by atoms with van der Waals surface area (Å²) in [4.78, 5) is 37.2. The van der Waals surface area contributed by atoms with Gasteiger partial charge in [-0.3, -0.25) is 14.4 Å². The molecular weight excluding hydrogens is 366 g/mol. The van der Waals surface area contributed by atoms with E-state index in [0.29, 0.717) is 6.42 Å². The standard InChI is InChI=1S/C24H27NO4/c1-18(26)21(16-19-10-4-2-5-11-19)25-22(27)17-29-23(28)24(14-8-9-15-24)20-12-6-3-7-13-20/h2-7,10-13,21H,8-9,14-17H2,1H3,(H,25,27)/t21-/m1/s1. The number of carbonyl (C=O) groups is 3. The van der Waals surface area contributed by atoms with Crippen molar-refractivity contribution in [3.8, 4) is 0 Å². The van der Waals surface area contributed by atoms with Crippen LogP contribution in [0.3, 0.4) is 0 Å². The molecular formula is C24H27NO4. The van der Waals surface area contributed by atoms with Gasteiger partial charge in [0.25, 0.3) is 5.91 Å². The number of rotatable bonds is 8. The van der Waals surface area contributed by atoms with Gasteiger partial charge >= 0.3 is 5.97 Å². The molecule has 3 rings (SSSR count). The number of carbonyl (C=O) groups excluding carboxylic acids is 3. The third-order valence-electron chi connectivity index (χ3n) is 5.62. The fourth-order valence-corrected chi connectivity index (χ4v) is 4.00. The second-order valence-electron chi connectivity index (χ2n) is 7.65. The second kappa shape index (κ2) is 9.50. The van der Waals surface area contributed by atoms with Gasteiger partial charge in [0.15, 0.2) is 12.4 Å². The van der Waals surface area contributed by atoms with Crippen LogP contribution in [-0.4, -0.2) is 30.3 Å². The molecule has 1 aliphatic rings. The van der Waals surface area contributed by atoms with E-state index < -0.39 is 17.4 Å². The predicted octanol–water partition coefficient (Wildman–Crippen LogP) is 3.36. The minimum absolute atomic E-state index is 0.134. The lowest BCUT2D eigenvalue weighted by molar-refractivity contribution is -0.154. The quantitative estimate of drug-likeness (QED) is 0.698. The molecule has 0 heterocycles. The monoisotopic (exact) mass is 393 g/mol. The van der Waals surface area contributed by atoms with Gasteiger partial charge in [-0.05, 0) is 37.3 Å². The minimum Gasteiger partial charge on any atom is -0.455 e. The van der Waals surface area contributed by atoms with Crippen LogP contribution < -0.4 is 5.32 Å². The normalized spacial score (nSPS) is 16.0. The summed E-state index contributed by atoms with van der Waals surface area (Å²) < 4.78 is 5.41. The van der Waals surface area contributed by atoms with Gasteiger partial charge in [0.05, 0.1) is 11.5 Å². The number of hydrogen-bond donors (Lipinski definition) is 1. The molecule has 0 aromatic heterocycles. The Morgan fingerprint density at radius 3 is 2.14 bits per heavy atom. The molecule has 0 saturated heterocycles. The number of Topliss-reactive ketones (excluding diaryl/α,β-unsaturated/α-hetero) is 1. The Bertz CT molecular complexity index is 842. The smallest absolute Gasteiger partial charge is 0.317 e. The fraction of sp³-hybridized carbons (Fsp3) is 0.375. The number of amides is 1. The highest BCUT2D eigenvalue weighted by molar-refractivity contribution is 5.90. The lowest BCUT2D eigenvalue weighted by atomic mass is 9.79. The van der Waals surface area contributed by atoms with E-state index in [-0.39, 0.29) is 18.4 Å². The van der Waals surface area contributed by atoms with E-state index in [4.69, 9.17) is 4.74 Å². The topological polar surface area (TPSA) is 72.5 Å². The Morgan fingerprint density at radius 1 is 0.966 bits per heavy atom. The summed E-state index contributed by atoms with van der Waals surface area (Å²) in [6.45, 7) is 1.06. The molecule has 1 N–H and O–H groups in total. The highest BCUT2D eigenvalue weighted by atomic mass is 16.5. The first-order valence-electron chi connectivity index (χ1n) is 10.1. The summed E-state index contributed by atoms with van der Waals surface area (Å²) in [6, 6.07) is 18.5. The fourth-order valence-electron chi connectivity index (χ4n) is 4.00. The van der Waals surface area contributed by atoms with Gasteiger partial charge in [-0.25, -0.2) is 0 Å². The Kier molecular flexibility index (Phi) is 6.81. The number of ether oxygens (including phenoxy) is 1. The molecule has 0 unspecified atom stereocenters. The van der Waals surface area contributed by atoms with E-state index in [1.807, 2.05) is 60.7 Å². The summed E-state index contributed by atoms with van der Waals surface area (Å²) >= 11 is 0. The molecule has 1 saturated carbocycles. The zero-order valence-electron chi connectivity index (χ0n) is 16.7. The van der Waals surface area contributed by atoms with Crippen molar-refractivity contribution in [1.82, 2.24) is 5.32 Å². The third-order valence-corrected chi connectivity index (χ3v) is 5.62. The van der Waals surface area contributed by atoms with Gasteiger partial charge in [-0.1, -0.05) is 73.5 Å². The zero-order valence-corrected chi connectivity index (χ0v) is 16.7. The van der Waals surface area contributed by atoms with Crippen molar-refractivity contribution in [2.45, 2.75) is 50.5 Å². The molecule has 2 aromatic carbocycles. The average Bonchev–Trinajstić information content (AvgIpc) is 3.24. The molecule has 5 nitrogen and oxygen atoms in total. The first-order chi connectivity index (χ1) is 14.0. The minimum atomic E-state index is -0.675. The molecule has 0 spiro atoms. The van der Waals surface area contributed by atoms with Crippen LogP contribution in [0.2, 0.25) is 0 Å². The van der Waals surface area contributed by atoms with Gasteiger partial charge in [0, 0.05) is 0 Å².